The van der Waals surface area contributed by atoms with Gasteiger partial charge in [-0.2, -0.15) is 0 Å². The van der Waals surface area contributed by atoms with E-state index in [4.69, 9.17) is 17.3 Å². The average molecular weight is 173 g/mol. The molecule has 0 aromatic rings. The SMILES string of the molecule is C=C(/C=C(Cl)\N=C/N)C(C)=O. The van der Waals surface area contributed by atoms with Crippen LogP contribution in [-0.2, 0) is 4.79 Å². The molecule has 0 rings (SSSR count). The summed E-state index contributed by atoms with van der Waals surface area (Å²) in [4.78, 5) is 14.1. The maximum atomic E-state index is 10.6. The highest BCUT2D eigenvalue weighted by molar-refractivity contribution is 6.30. The van der Waals surface area contributed by atoms with E-state index in [2.05, 4.69) is 11.6 Å². The van der Waals surface area contributed by atoms with Crippen molar-refractivity contribution < 1.29 is 4.79 Å². The van der Waals surface area contributed by atoms with Crippen molar-refractivity contribution >= 4 is 23.7 Å². The highest BCUT2D eigenvalue weighted by atomic mass is 35.5. The van der Waals surface area contributed by atoms with E-state index in [-0.39, 0.29) is 10.9 Å². The molecule has 0 saturated carbocycles. The van der Waals surface area contributed by atoms with Gasteiger partial charge in [-0.05, 0) is 13.0 Å². The third-order valence-corrected chi connectivity index (χ3v) is 1.15. The van der Waals surface area contributed by atoms with Crippen molar-refractivity contribution in [2.24, 2.45) is 10.7 Å². The summed E-state index contributed by atoms with van der Waals surface area (Å²) in [5, 5.41) is 0.146. The topological polar surface area (TPSA) is 55.4 Å². The quantitative estimate of drug-likeness (QED) is 0.229. The fourth-order valence-corrected chi connectivity index (χ4v) is 0.542. The Morgan fingerprint density at radius 3 is 2.64 bits per heavy atom. The fourth-order valence-electron chi connectivity index (χ4n) is 0.354. The Morgan fingerprint density at radius 2 is 2.27 bits per heavy atom. The molecule has 0 saturated heterocycles. The summed E-state index contributed by atoms with van der Waals surface area (Å²) in [5.74, 6) is -0.143. The van der Waals surface area contributed by atoms with Crippen LogP contribution in [0, 0.1) is 0 Å². The van der Waals surface area contributed by atoms with Crippen LogP contribution in [0.5, 0.6) is 0 Å². The molecule has 0 unspecified atom stereocenters. The van der Waals surface area contributed by atoms with Crippen molar-refractivity contribution in [2.75, 3.05) is 0 Å². The number of hydrogen-bond donors (Lipinski definition) is 1. The molecule has 60 valence electrons. The van der Waals surface area contributed by atoms with Crippen LogP contribution in [0.15, 0.2) is 28.4 Å². The van der Waals surface area contributed by atoms with Gasteiger partial charge in [-0.25, -0.2) is 4.99 Å². The molecule has 0 aliphatic rings. The van der Waals surface area contributed by atoms with Crippen LogP contribution in [-0.4, -0.2) is 12.1 Å². The van der Waals surface area contributed by atoms with E-state index in [0.29, 0.717) is 5.57 Å². The van der Waals surface area contributed by atoms with Gasteiger partial charge in [0.25, 0.3) is 0 Å². The zero-order valence-electron chi connectivity index (χ0n) is 6.17. The molecule has 0 aliphatic carbocycles. The lowest BCUT2D eigenvalue weighted by atomic mass is 10.2. The van der Waals surface area contributed by atoms with Gasteiger partial charge in [0.1, 0.15) is 5.16 Å². The molecule has 4 heteroatoms. The van der Waals surface area contributed by atoms with Crippen molar-refractivity contribution in [2.45, 2.75) is 6.92 Å². The number of halogens is 1. The molecule has 0 heterocycles. The largest absolute Gasteiger partial charge is 0.390 e. The summed E-state index contributed by atoms with van der Waals surface area (Å²) < 4.78 is 0. The lowest BCUT2D eigenvalue weighted by Gasteiger charge is -1.90. The Hall–Kier alpha value is -1.09. The maximum absolute atomic E-state index is 10.6. The van der Waals surface area contributed by atoms with Crippen molar-refractivity contribution in [3.05, 3.63) is 23.4 Å². The Balaban J connectivity index is 4.31. The second-order valence-corrected chi connectivity index (χ2v) is 2.21. The number of nitrogens with two attached hydrogens (primary N) is 1. The van der Waals surface area contributed by atoms with Crippen LogP contribution < -0.4 is 5.73 Å². The van der Waals surface area contributed by atoms with Gasteiger partial charge in [0.05, 0.1) is 6.34 Å². The van der Waals surface area contributed by atoms with E-state index in [1.54, 1.807) is 0 Å². The van der Waals surface area contributed by atoms with E-state index < -0.39 is 0 Å². The van der Waals surface area contributed by atoms with Gasteiger partial charge in [0, 0.05) is 5.57 Å². The molecule has 0 aliphatic heterocycles. The molecule has 0 bridgehead atoms. The zero-order chi connectivity index (χ0) is 8.85. The summed E-state index contributed by atoms with van der Waals surface area (Å²) in [6, 6.07) is 0. The standard InChI is InChI=1S/C7H9ClN2O/c1-5(6(2)11)3-7(8)10-4-9/h3-4H,1H2,2H3,(H2,9,10)/b7-3-. The molecule has 0 radical (unpaired) electrons. The maximum Gasteiger partial charge on any atom is 0.159 e. The summed E-state index contributed by atoms with van der Waals surface area (Å²) in [5.41, 5.74) is 5.26. The molecule has 3 nitrogen and oxygen atoms in total. The first-order valence-electron chi connectivity index (χ1n) is 2.89. The number of aliphatic imine (C=N–C) groups is 1. The van der Waals surface area contributed by atoms with E-state index in [9.17, 15) is 4.79 Å². The molecule has 0 aromatic carbocycles. The van der Waals surface area contributed by atoms with Crippen LogP contribution in [0.1, 0.15) is 6.92 Å². The summed E-state index contributed by atoms with van der Waals surface area (Å²) in [6.45, 7) is 4.85. The van der Waals surface area contributed by atoms with Crippen molar-refractivity contribution in [1.82, 2.24) is 0 Å². The van der Waals surface area contributed by atoms with Gasteiger partial charge >= 0.3 is 0 Å². The minimum atomic E-state index is -0.143. The Morgan fingerprint density at radius 1 is 1.73 bits per heavy atom. The van der Waals surface area contributed by atoms with Crippen molar-refractivity contribution in [3.8, 4) is 0 Å². The van der Waals surface area contributed by atoms with Crippen molar-refractivity contribution in [1.29, 1.82) is 0 Å². The minimum Gasteiger partial charge on any atom is -0.390 e. The summed E-state index contributed by atoms with van der Waals surface area (Å²) in [7, 11) is 0. The predicted molar refractivity (Wildman–Crippen MR) is 46.4 cm³/mol. The molecule has 0 amide bonds. The van der Waals surface area contributed by atoms with Crippen LogP contribution in [0.3, 0.4) is 0 Å². The molecule has 0 atom stereocenters. The first kappa shape index (κ1) is 9.91. The number of nitrogens with zero attached hydrogens (tertiary/aromatic N) is 1. The highest BCUT2D eigenvalue weighted by Gasteiger charge is 1.96. The molecule has 2 N–H and O–H groups in total. The lowest BCUT2D eigenvalue weighted by Crippen LogP contribution is -1.92. The number of Topliss-reactive ketones (excluding diaryl/α,β-unsaturated/α-hetero) is 1. The highest BCUT2D eigenvalue weighted by Crippen LogP contribution is 2.06. The average Bonchev–Trinajstić information content (AvgIpc) is 1.87. The molecule has 0 fully saturated rings. The van der Waals surface area contributed by atoms with Crippen molar-refractivity contribution in [3.63, 3.8) is 0 Å². The number of carbonyl (C=O) groups is 1. The molecular formula is C7H9ClN2O. The molecule has 11 heavy (non-hydrogen) atoms. The second kappa shape index (κ2) is 4.68. The van der Waals surface area contributed by atoms with Gasteiger partial charge in [-0.1, -0.05) is 18.2 Å². The van der Waals surface area contributed by atoms with Gasteiger partial charge in [0.15, 0.2) is 5.78 Å². The Labute approximate surface area is 70.2 Å². The van der Waals surface area contributed by atoms with E-state index in [1.807, 2.05) is 0 Å². The van der Waals surface area contributed by atoms with Gasteiger partial charge in [0.2, 0.25) is 0 Å². The minimum absolute atomic E-state index is 0.143. The van der Waals surface area contributed by atoms with Gasteiger partial charge in [-0.15, -0.1) is 0 Å². The molecule has 0 aromatic heterocycles. The zero-order valence-corrected chi connectivity index (χ0v) is 6.93. The second-order valence-electron chi connectivity index (χ2n) is 1.83. The van der Waals surface area contributed by atoms with Gasteiger partial charge < -0.3 is 5.73 Å². The third kappa shape index (κ3) is 4.33. The van der Waals surface area contributed by atoms with Crippen LogP contribution >= 0.6 is 11.6 Å². The van der Waals surface area contributed by atoms with Crippen LogP contribution in [0.4, 0.5) is 0 Å². The first-order valence-corrected chi connectivity index (χ1v) is 3.27. The Kier molecular flexibility index (Phi) is 4.22. The predicted octanol–water partition coefficient (Wildman–Crippen LogP) is 1.20. The number of rotatable bonds is 3. The number of ketones is 1. The van der Waals surface area contributed by atoms with E-state index >= 15 is 0 Å². The number of hydrogen-bond acceptors (Lipinski definition) is 2. The smallest absolute Gasteiger partial charge is 0.159 e. The lowest BCUT2D eigenvalue weighted by molar-refractivity contribution is -0.113. The number of carbonyl (C=O) groups excluding carboxylic acids is 1. The molecule has 0 spiro atoms. The summed E-state index contributed by atoms with van der Waals surface area (Å²) in [6.07, 6.45) is 2.40. The fraction of sp³-hybridized carbons (Fsp3) is 0.143. The van der Waals surface area contributed by atoms with Gasteiger partial charge in [-0.3, -0.25) is 4.79 Å². The monoisotopic (exact) mass is 172 g/mol. The van der Waals surface area contributed by atoms with E-state index in [1.165, 1.54) is 13.0 Å². The number of allylic oxidation sites excluding steroid dienone is 2. The Bertz CT molecular complexity index is 231. The van der Waals surface area contributed by atoms with Crippen LogP contribution in [0.2, 0.25) is 0 Å². The molecular weight excluding hydrogens is 164 g/mol. The normalized spacial score (nSPS) is 12.0. The van der Waals surface area contributed by atoms with E-state index in [0.717, 1.165) is 6.34 Å². The summed E-state index contributed by atoms with van der Waals surface area (Å²) >= 11 is 5.49. The van der Waals surface area contributed by atoms with Crippen LogP contribution in [0.25, 0.3) is 0 Å². The third-order valence-electron chi connectivity index (χ3n) is 0.943. The first-order chi connectivity index (χ1) is 5.07.